The van der Waals surface area contributed by atoms with Gasteiger partial charge in [0.15, 0.2) is 0 Å². The van der Waals surface area contributed by atoms with Crippen LogP contribution in [0.5, 0.6) is 5.88 Å². The van der Waals surface area contributed by atoms with Gasteiger partial charge in [0.2, 0.25) is 17.6 Å². The first-order chi connectivity index (χ1) is 14.1. The fraction of sp³-hybridized carbons (Fsp3) is 0.333. The predicted octanol–water partition coefficient (Wildman–Crippen LogP) is 4.20. The topological polar surface area (TPSA) is 81.4 Å². The summed E-state index contributed by atoms with van der Waals surface area (Å²) in [4.78, 5) is 23.5. The molecule has 1 aliphatic heterocycles. The molecule has 1 aliphatic rings. The molecule has 0 aliphatic carbocycles. The third-order valence-electron chi connectivity index (χ3n) is 4.88. The average Bonchev–Trinajstić information content (AvgIpc) is 3.25. The van der Waals surface area contributed by atoms with Crippen LogP contribution in [-0.4, -0.2) is 45.6 Å². The van der Waals surface area contributed by atoms with Gasteiger partial charge >= 0.3 is 0 Å². The quantitative estimate of drug-likeness (QED) is 0.624. The number of aromatic nitrogens is 3. The Labute approximate surface area is 173 Å². The van der Waals surface area contributed by atoms with Gasteiger partial charge in [-0.2, -0.15) is 4.98 Å². The SMILES string of the molecule is CCOc1cc(C(=O)N2CCCC(c3nc(-c4ccc(Cl)cc4)no3)C2)ccn1. The molecule has 150 valence electrons. The number of carbonyl (C=O) groups excluding carboxylic acids is 1. The van der Waals surface area contributed by atoms with E-state index in [2.05, 4.69) is 15.1 Å². The van der Waals surface area contributed by atoms with Crippen molar-refractivity contribution in [2.75, 3.05) is 19.7 Å². The Morgan fingerprint density at radius 1 is 1.31 bits per heavy atom. The minimum atomic E-state index is -0.0458. The lowest BCUT2D eigenvalue weighted by Crippen LogP contribution is -2.39. The second-order valence-corrected chi connectivity index (χ2v) is 7.31. The number of nitrogens with zero attached hydrogens (tertiary/aromatic N) is 4. The normalized spacial score (nSPS) is 16.6. The van der Waals surface area contributed by atoms with Gasteiger partial charge in [0.05, 0.1) is 12.5 Å². The van der Waals surface area contributed by atoms with Crippen LogP contribution >= 0.6 is 11.6 Å². The Balaban J connectivity index is 1.48. The third-order valence-corrected chi connectivity index (χ3v) is 5.13. The number of rotatable bonds is 5. The molecule has 7 nitrogen and oxygen atoms in total. The zero-order valence-electron chi connectivity index (χ0n) is 16.0. The Morgan fingerprint density at radius 3 is 2.93 bits per heavy atom. The van der Waals surface area contributed by atoms with Crippen LogP contribution in [0.1, 0.15) is 41.9 Å². The van der Waals surface area contributed by atoms with Crippen LogP contribution in [0.2, 0.25) is 5.02 Å². The highest BCUT2D eigenvalue weighted by Gasteiger charge is 2.29. The summed E-state index contributed by atoms with van der Waals surface area (Å²) in [5, 5.41) is 4.75. The van der Waals surface area contributed by atoms with E-state index in [-0.39, 0.29) is 11.8 Å². The lowest BCUT2D eigenvalue weighted by Gasteiger charge is -2.31. The summed E-state index contributed by atoms with van der Waals surface area (Å²) >= 11 is 5.94. The van der Waals surface area contributed by atoms with Crippen LogP contribution in [-0.2, 0) is 0 Å². The van der Waals surface area contributed by atoms with E-state index in [1.54, 1.807) is 30.5 Å². The van der Waals surface area contributed by atoms with Gasteiger partial charge in [-0.05, 0) is 50.1 Å². The molecule has 8 heteroatoms. The second-order valence-electron chi connectivity index (χ2n) is 6.87. The van der Waals surface area contributed by atoms with E-state index in [4.69, 9.17) is 20.9 Å². The summed E-state index contributed by atoms with van der Waals surface area (Å²) in [6.07, 6.45) is 3.36. The van der Waals surface area contributed by atoms with Crippen molar-refractivity contribution < 1.29 is 14.1 Å². The standard InChI is InChI=1S/C21H21ClN4O3/c1-2-28-18-12-15(9-10-23-18)21(27)26-11-3-4-16(13-26)20-24-19(25-29-20)14-5-7-17(22)8-6-14/h5-10,12,16H,2-4,11,13H2,1H3. The Morgan fingerprint density at radius 2 is 2.14 bits per heavy atom. The van der Waals surface area contributed by atoms with Gasteiger partial charge in [-0.25, -0.2) is 4.98 Å². The second kappa shape index (κ2) is 8.61. The van der Waals surface area contributed by atoms with Gasteiger partial charge in [-0.15, -0.1) is 0 Å². The van der Waals surface area contributed by atoms with Crippen molar-refractivity contribution in [2.45, 2.75) is 25.7 Å². The molecular formula is C21H21ClN4O3. The summed E-state index contributed by atoms with van der Waals surface area (Å²) in [5.74, 6) is 1.49. The van der Waals surface area contributed by atoms with Crippen LogP contribution in [0.15, 0.2) is 47.1 Å². The molecule has 0 radical (unpaired) electrons. The Hall–Kier alpha value is -2.93. The molecule has 1 atom stereocenters. The lowest BCUT2D eigenvalue weighted by molar-refractivity contribution is 0.0695. The maximum Gasteiger partial charge on any atom is 0.254 e. The maximum absolute atomic E-state index is 13.0. The number of likely N-dealkylation sites (tertiary alicyclic amines) is 1. The van der Waals surface area contributed by atoms with Gasteiger partial charge in [-0.1, -0.05) is 16.8 Å². The summed E-state index contributed by atoms with van der Waals surface area (Å²) in [5.41, 5.74) is 1.41. The van der Waals surface area contributed by atoms with Crippen molar-refractivity contribution in [3.05, 3.63) is 59.1 Å². The highest BCUT2D eigenvalue weighted by molar-refractivity contribution is 6.30. The highest BCUT2D eigenvalue weighted by atomic mass is 35.5. The number of pyridine rings is 1. The van der Waals surface area contributed by atoms with E-state index in [0.717, 1.165) is 18.4 Å². The van der Waals surface area contributed by atoms with Crippen LogP contribution in [0.4, 0.5) is 0 Å². The summed E-state index contributed by atoms with van der Waals surface area (Å²) in [6, 6.07) is 10.7. The van der Waals surface area contributed by atoms with Gasteiger partial charge in [0, 0.05) is 41.5 Å². The smallest absolute Gasteiger partial charge is 0.254 e. The van der Waals surface area contributed by atoms with Crippen molar-refractivity contribution in [3.8, 4) is 17.3 Å². The zero-order chi connectivity index (χ0) is 20.2. The molecule has 0 saturated carbocycles. The van der Waals surface area contributed by atoms with Crippen LogP contribution in [0.3, 0.4) is 0 Å². The van der Waals surface area contributed by atoms with Gasteiger partial charge in [0.1, 0.15) is 0 Å². The minimum Gasteiger partial charge on any atom is -0.478 e. The number of piperidine rings is 1. The molecule has 1 fully saturated rings. The molecule has 29 heavy (non-hydrogen) atoms. The van der Waals surface area contributed by atoms with Crippen LogP contribution < -0.4 is 4.74 Å². The van der Waals surface area contributed by atoms with E-state index >= 15 is 0 Å². The molecule has 3 heterocycles. The molecule has 1 amide bonds. The van der Waals surface area contributed by atoms with Crippen LogP contribution in [0, 0.1) is 0 Å². The first-order valence-electron chi connectivity index (χ1n) is 9.61. The fourth-order valence-corrected chi connectivity index (χ4v) is 3.56. The summed E-state index contributed by atoms with van der Waals surface area (Å²) in [6.45, 7) is 3.62. The first kappa shape index (κ1) is 19.4. The number of halogens is 1. The first-order valence-corrected chi connectivity index (χ1v) is 9.99. The van der Waals surface area contributed by atoms with Crippen molar-refractivity contribution in [2.24, 2.45) is 0 Å². The maximum atomic E-state index is 13.0. The van der Waals surface area contributed by atoms with E-state index in [9.17, 15) is 4.79 Å². The van der Waals surface area contributed by atoms with Crippen molar-refractivity contribution in [1.82, 2.24) is 20.0 Å². The zero-order valence-corrected chi connectivity index (χ0v) is 16.8. The molecule has 4 rings (SSSR count). The molecule has 0 spiro atoms. The van der Waals surface area contributed by atoms with E-state index in [1.807, 2.05) is 24.0 Å². The van der Waals surface area contributed by atoms with Crippen molar-refractivity contribution >= 4 is 17.5 Å². The Bertz CT molecular complexity index is 990. The molecule has 0 N–H and O–H groups in total. The van der Waals surface area contributed by atoms with Crippen LogP contribution in [0.25, 0.3) is 11.4 Å². The molecule has 1 aromatic carbocycles. The van der Waals surface area contributed by atoms with E-state index in [0.29, 0.717) is 47.9 Å². The van der Waals surface area contributed by atoms with Gasteiger partial charge in [0.25, 0.3) is 5.91 Å². The molecule has 3 aromatic rings. The van der Waals surface area contributed by atoms with Crippen molar-refractivity contribution in [3.63, 3.8) is 0 Å². The number of hydrogen-bond acceptors (Lipinski definition) is 6. The van der Waals surface area contributed by atoms with Crippen molar-refractivity contribution in [1.29, 1.82) is 0 Å². The fourth-order valence-electron chi connectivity index (χ4n) is 3.43. The molecule has 1 saturated heterocycles. The molecule has 1 unspecified atom stereocenters. The average molecular weight is 413 g/mol. The Kier molecular flexibility index (Phi) is 5.76. The largest absolute Gasteiger partial charge is 0.478 e. The number of ether oxygens (including phenoxy) is 1. The van der Waals surface area contributed by atoms with E-state index < -0.39 is 0 Å². The molecule has 0 bridgehead atoms. The van der Waals surface area contributed by atoms with Gasteiger partial charge < -0.3 is 14.2 Å². The number of amides is 1. The third kappa shape index (κ3) is 4.40. The monoisotopic (exact) mass is 412 g/mol. The molecule has 2 aromatic heterocycles. The number of benzene rings is 1. The highest BCUT2D eigenvalue weighted by Crippen LogP contribution is 2.29. The predicted molar refractivity (Wildman–Crippen MR) is 108 cm³/mol. The van der Waals surface area contributed by atoms with E-state index in [1.165, 1.54) is 0 Å². The molecular weight excluding hydrogens is 392 g/mol. The van der Waals surface area contributed by atoms with Gasteiger partial charge in [-0.3, -0.25) is 4.79 Å². The minimum absolute atomic E-state index is 0.00875. The number of carbonyl (C=O) groups is 1. The lowest BCUT2D eigenvalue weighted by atomic mass is 9.97. The summed E-state index contributed by atoms with van der Waals surface area (Å²) in [7, 11) is 0. The summed E-state index contributed by atoms with van der Waals surface area (Å²) < 4.78 is 10.9. The number of hydrogen-bond donors (Lipinski definition) is 0.